The number of halogens is 3. The average Bonchev–Trinajstić information content (AvgIpc) is 2.80. The van der Waals surface area contributed by atoms with Crippen molar-refractivity contribution >= 4 is 52.0 Å². The number of anilines is 1. The molecule has 176 valence electrons. The lowest BCUT2D eigenvalue weighted by atomic mass is 9.84. The zero-order valence-corrected chi connectivity index (χ0v) is 20.9. The number of carboxylic acids is 1. The van der Waals surface area contributed by atoms with Gasteiger partial charge < -0.3 is 10.4 Å². The molecular weight excluding hydrogens is 479 g/mol. The summed E-state index contributed by atoms with van der Waals surface area (Å²) in [6.45, 7) is 3.85. The van der Waals surface area contributed by atoms with Crippen LogP contribution in [0.15, 0.2) is 42.5 Å². The van der Waals surface area contributed by atoms with E-state index in [1.54, 1.807) is 6.07 Å². The van der Waals surface area contributed by atoms with Gasteiger partial charge >= 0.3 is 5.97 Å². The largest absolute Gasteiger partial charge is 0.481 e. The lowest BCUT2D eigenvalue weighted by Crippen LogP contribution is -2.42. The molecule has 2 unspecified atom stereocenters. The van der Waals surface area contributed by atoms with Crippen molar-refractivity contribution in [2.45, 2.75) is 51.1 Å². The maximum absolute atomic E-state index is 11.4. The lowest BCUT2D eigenvalue weighted by molar-refractivity contribution is -0.143. The van der Waals surface area contributed by atoms with E-state index in [0.29, 0.717) is 21.1 Å². The molecule has 0 bridgehead atoms. The van der Waals surface area contributed by atoms with Crippen LogP contribution in [0.5, 0.6) is 0 Å². The lowest BCUT2D eigenvalue weighted by Gasteiger charge is -2.38. The Morgan fingerprint density at radius 2 is 1.94 bits per heavy atom. The molecule has 1 heterocycles. The van der Waals surface area contributed by atoms with E-state index in [1.807, 2.05) is 25.1 Å². The summed E-state index contributed by atoms with van der Waals surface area (Å²) < 4.78 is 0. The van der Waals surface area contributed by atoms with Crippen LogP contribution in [0.1, 0.15) is 56.2 Å². The molecule has 7 heteroatoms. The predicted octanol–water partition coefficient (Wildman–Crippen LogP) is 7.55. The Bertz CT molecular complexity index is 1060. The van der Waals surface area contributed by atoms with E-state index >= 15 is 0 Å². The number of hydrogen-bond acceptors (Lipinski definition) is 3. The van der Waals surface area contributed by atoms with Gasteiger partial charge in [-0.05, 0) is 73.6 Å². The van der Waals surface area contributed by atoms with Gasteiger partial charge in [0.05, 0.1) is 22.7 Å². The van der Waals surface area contributed by atoms with Gasteiger partial charge in [0.25, 0.3) is 0 Å². The third kappa shape index (κ3) is 5.86. The summed E-state index contributed by atoms with van der Waals surface area (Å²) in [5, 5.41) is 14.8. The highest BCUT2D eigenvalue weighted by Crippen LogP contribution is 2.35. The van der Waals surface area contributed by atoms with Crippen LogP contribution in [-0.2, 0) is 4.79 Å². The van der Waals surface area contributed by atoms with E-state index in [0.717, 1.165) is 62.0 Å². The molecular formula is C26H29Cl3N2O2. The van der Waals surface area contributed by atoms with Gasteiger partial charge in [0.1, 0.15) is 0 Å². The van der Waals surface area contributed by atoms with Crippen molar-refractivity contribution in [3.05, 3.63) is 68.7 Å². The highest BCUT2D eigenvalue weighted by molar-refractivity contribution is 6.35. The van der Waals surface area contributed by atoms with Crippen molar-refractivity contribution in [1.82, 2.24) is 4.90 Å². The Balaban J connectivity index is 1.45. The third-order valence-corrected chi connectivity index (χ3v) is 7.78. The van der Waals surface area contributed by atoms with E-state index in [2.05, 4.69) is 28.4 Å². The Morgan fingerprint density at radius 1 is 1.12 bits per heavy atom. The van der Waals surface area contributed by atoms with Gasteiger partial charge in [0.2, 0.25) is 0 Å². The summed E-state index contributed by atoms with van der Waals surface area (Å²) in [7, 11) is 0. The van der Waals surface area contributed by atoms with Gasteiger partial charge in [-0.25, -0.2) is 0 Å². The molecule has 2 aromatic carbocycles. The molecule has 3 atom stereocenters. The highest BCUT2D eigenvalue weighted by Gasteiger charge is 2.31. The minimum Gasteiger partial charge on any atom is -0.481 e. The predicted molar refractivity (Wildman–Crippen MR) is 138 cm³/mol. The van der Waals surface area contributed by atoms with Crippen LogP contribution in [0.4, 0.5) is 5.69 Å². The Morgan fingerprint density at radius 3 is 2.64 bits per heavy atom. The number of nitrogens with one attached hydrogen (secondary N) is 1. The molecule has 1 fully saturated rings. The van der Waals surface area contributed by atoms with Crippen molar-refractivity contribution in [2.75, 3.05) is 18.4 Å². The number of hydrogen-bond donors (Lipinski definition) is 2. The SMILES string of the molecule is C[C@@H](Nc1cc(C2=CCN(C3CCCC(C(=O)O)C3)CC2)ccc1Cl)c1ccc(Cl)cc1Cl. The standard InChI is InChI=1S/C26H29Cl3N2O2/c1-16(22-7-6-20(27)15-24(22)29)30-25-14-18(5-8-23(25)28)17-9-11-31(12-10-17)21-4-2-3-19(13-21)26(32)33/h5-9,14-16,19,21,30H,2-4,10-13H2,1H3,(H,32,33)/t16-,19?,21?/m1/s1. The van der Waals surface area contributed by atoms with E-state index in [4.69, 9.17) is 34.8 Å². The molecule has 4 nitrogen and oxygen atoms in total. The molecule has 4 rings (SSSR count). The molecule has 0 spiro atoms. The number of rotatable bonds is 6. The van der Waals surface area contributed by atoms with Crippen LogP contribution in [0.3, 0.4) is 0 Å². The van der Waals surface area contributed by atoms with Crippen LogP contribution < -0.4 is 5.32 Å². The molecule has 33 heavy (non-hydrogen) atoms. The maximum Gasteiger partial charge on any atom is 0.306 e. The van der Waals surface area contributed by atoms with Crippen LogP contribution in [0, 0.1) is 5.92 Å². The number of carboxylic acid groups (broad SMARTS) is 1. The summed E-state index contributed by atoms with van der Waals surface area (Å²) in [5.41, 5.74) is 4.28. The number of aliphatic carboxylic acids is 1. The van der Waals surface area contributed by atoms with Crippen molar-refractivity contribution in [2.24, 2.45) is 5.92 Å². The second-order valence-electron chi connectivity index (χ2n) is 9.06. The number of benzene rings is 2. The smallest absolute Gasteiger partial charge is 0.306 e. The second-order valence-corrected chi connectivity index (χ2v) is 10.3. The second kappa shape index (κ2) is 10.7. The average molecular weight is 508 g/mol. The van der Waals surface area contributed by atoms with Crippen molar-refractivity contribution in [3.63, 3.8) is 0 Å². The topological polar surface area (TPSA) is 52.6 Å². The first-order valence-corrected chi connectivity index (χ1v) is 12.6. The quantitative estimate of drug-likeness (QED) is 0.424. The molecule has 1 aliphatic heterocycles. The van der Waals surface area contributed by atoms with E-state index in [-0.39, 0.29) is 12.0 Å². The van der Waals surface area contributed by atoms with Gasteiger partial charge in [0, 0.05) is 29.2 Å². The zero-order valence-electron chi connectivity index (χ0n) is 18.7. The van der Waals surface area contributed by atoms with Gasteiger partial charge in [0.15, 0.2) is 0 Å². The van der Waals surface area contributed by atoms with Crippen LogP contribution in [0.25, 0.3) is 5.57 Å². The van der Waals surface area contributed by atoms with Gasteiger partial charge in [-0.15, -0.1) is 0 Å². The molecule has 2 aliphatic rings. The zero-order chi connectivity index (χ0) is 23.5. The summed E-state index contributed by atoms with van der Waals surface area (Å²) >= 11 is 18.9. The molecule has 0 aromatic heterocycles. The molecule has 1 aliphatic carbocycles. The first kappa shape index (κ1) is 24.4. The molecule has 2 aromatic rings. The van der Waals surface area contributed by atoms with Gasteiger partial charge in [-0.2, -0.15) is 0 Å². The fourth-order valence-electron chi connectivity index (χ4n) is 5.00. The van der Waals surface area contributed by atoms with Gasteiger partial charge in [-0.1, -0.05) is 59.4 Å². The Kier molecular flexibility index (Phi) is 7.91. The van der Waals surface area contributed by atoms with Gasteiger partial charge in [-0.3, -0.25) is 9.69 Å². The molecule has 0 saturated heterocycles. The normalized spacial score (nSPS) is 22.5. The van der Waals surface area contributed by atoms with Crippen LogP contribution in [-0.4, -0.2) is 35.1 Å². The maximum atomic E-state index is 11.4. The molecule has 1 saturated carbocycles. The fraction of sp³-hybridized carbons (Fsp3) is 0.423. The minimum absolute atomic E-state index is 0.0353. The van der Waals surface area contributed by atoms with Crippen LogP contribution >= 0.6 is 34.8 Å². The van der Waals surface area contributed by atoms with E-state index in [1.165, 1.54) is 5.57 Å². The monoisotopic (exact) mass is 506 g/mol. The molecule has 0 amide bonds. The van der Waals surface area contributed by atoms with Crippen molar-refractivity contribution < 1.29 is 9.90 Å². The molecule has 0 radical (unpaired) electrons. The van der Waals surface area contributed by atoms with Crippen molar-refractivity contribution in [1.29, 1.82) is 0 Å². The fourth-order valence-corrected chi connectivity index (χ4v) is 5.74. The van der Waals surface area contributed by atoms with E-state index < -0.39 is 5.97 Å². The number of carbonyl (C=O) groups is 1. The highest BCUT2D eigenvalue weighted by atomic mass is 35.5. The van der Waals surface area contributed by atoms with Crippen LogP contribution in [0.2, 0.25) is 15.1 Å². The first-order chi connectivity index (χ1) is 15.8. The summed E-state index contributed by atoms with van der Waals surface area (Å²) in [5.74, 6) is -0.849. The molecule has 2 N–H and O–H groups in total. The number of nitrogens with zero attached hydrogens (tertiary/aromatic N) is 1. The first-order valence-electron chi connectivity index (χ1n) is 11.5. The summed E-state index contributed by atoms with van der Waals surface area (Å²) in [4.78, 5) is 13.9. The van der Waals surface area contributed by atoms with E-state index in [9.17, 15) is 9.90 Å². The Hall–Kier alpha value is -1.72. The van der Waals surface area contributed by atoms with Crippen molar-refractivity contribution in [3.8, 4) is 0 Å². The minimum atomic E-state index is -0.650. The third-order valence-electron chi connectivity index (χ3n) is 6.89. The summed E-state index contributed by atoms with van der Waals surface area (Å²) in [6.07, 6.45) is 6.87. The Labute approximate surface area is 210 Å². The summed E-state index contributed by atoms with van der Waals surface area (Å²) in [6, 6.07) is 11.9.